The van der Waals surface area contributed by atoms with Crippen LogP contribution in [-0.4, -0.2) is 0 Å². The number of benzene rings is 3. The molecule has 5 aromatic rings. The Kier molecular flexibility index (Phi) is 6.54. The molecule has 0 aliphatic heterocycles. The summed E-state index contributed by atoms with van der Waals surface area (Å²) < 4.78 is 0. The molecule has 0 atom stereocenters. The van der Waals surface area contributed by atoms with Gasteiger partial charge in [0.25, 0.3) is 0 Å². The van der Waals surface area contributed by atoms with E-state index in [4.69, 9.17) is 0 Å². The molecule has 2 aromatic heterocycles. The maximum atomic E-state index is 2.41. The minimum atomic E-state index is 0.470. The van der Waals surface area contributed by atoms with Gasteiger partial charge >= 0.3 is 0 Å². The van der Waals surface area contributed by atoms with E-state index in [-0.39, 0.29) is 0 Å². The summed E-state index contributed by atoms with van der Waals surface area (Å²) in [4.78, 5) is 5.59. The Hall–Kier alpha value is -2.94. The van der Waals surface area contributed by atoms with Gasteiger partial charge in [-0.25, -0.2) is 0 Å². The molecule has 0 spiro atoms. The van der Waals surface area contributed by atoms with Gasteiger partial charge in [-0.3, -0.25) is 0 Å². The molecule has 2 heteroatoms. The molecule has 0 saturated carbocycles. The van der Waals surface area contributed by atoms with Gasteiger partial charge in [-0.2, -0.15) is 0 Å². The smallest absolute Gasteiger partial charge is 0.0352 e. The van der Waals surface area contributed by atoms with Crippen LogP contribution >= 0.6 is 22.7 Å². The van der Waals surface area contributed by atoms with Crippen molar-refractivity contribution in [3.63, 3.8) is 0 Å². The summed E-state index contributed by atoms with van der Waals surface area (Å²) in [6.45, 7) is 9.24. The first kappa shape index (κ1) is 22.8. The second-order valence-corrected chi connectivity index (χ2v) is 11.5. The van der Waals surface area contributed by atoms with E-state index in [0.717, 1.165) is 0 Å². The summed E-state index contributed by atoms with van der Waals surface area (Å²) in [5.74, 6) is 0.940. The van der Waals surface area contributed by atoms with Crippen molar-refractivity contribution in [1.82, 2.24) is 0 Å². The number of rotatable bonds is 6. The molecular formula is C32H30S2. The van der Waals surface area contributed by atoms with Crippen molar-refractivity contribution >= 4 is 22.7 Å². The maximum absolute atomic E-state index is 2.41. The first-order chi connectivity index (χ1) is 16.5. The number of thiophene rings is 2. The molecule has 0 N–H and O–H groups in total. The van der Waals surface area contributed by atoms with Crippen molar-refractivity contribution in [3.05, 3.63) is 107 Å². The van der Waals surface area contributed by atoms with E-state index in [1.165, 1.54) is 52.9 Å². The largest absolute Gasteiger partial charge is 0.139 e. The molecule has 5 rings (SSSR count). The maximum Gasteiger partial charge on any atom is 0.0352 e. The van der Waals surface area contributed by atoms with Gasteiger partial charge in [0.15, 0.2) is 0 Å². The summed E-state index contributed by atoms with van der Waals surface area (Å²) in [6, 6.07) is 35.4. The van der Waals surface area contributed by atoms with Gasteiger partial charge in [0.1, 0.15) is 0 Å². The third-order valence-electron chi connectivity index (χ3n) is 6.19. The predicted molar refractivity (Wildman–Crippen MR) is 152 cm³/mol. The van der Waals surface area contributed by atoms with Crippen LogP contribution in [0.25, 0.3) is 43.1 Å². The minimum Gasteiger partial charge on any atom is -0.139 e. The second-order valence-electron chi connectivity index (χ2n) is 9.36. The fourth-order valence-electron chi connectivity index (χ4n) is 4.53. The van der Waals surface area contributed by atoms with E-state index in [2.05, 4.69) is 125 Å². The lowest BCUT2D eigenvalue weighted by molar-refractivity contribution is 0.890. The molecule has 170 valence electrons. The van der Waals surface area contributed by atoms with Crippen LogP contribution in [0.3, 0.4) is 0 Å². The van der Waals surface area contributed by atoms with Crippen LogP contribution < -0.4 is 0 Å². The van der Waals surface area contributed by atoms with Gasteiger partial charge < -0.3 is 0 Å². The van der Waals surface area contributed by atoms with Gasteiger partial charge in [-0.05, 0) is 57.3 Å². The molecule has 0 nitrogen and oxygen atoms in total. The van der Waals surface area contributed by atoms with Crippen LogP contribution in [0.15, 0.2) is 97.1 Å². The average Bonchev–Trinajstić information content (AvgIpc) is 3.51. The molecule has 0 aliphatic rings. The fourth-order valence-corrected chi connectivity index (χ4v) is 6.90. The first-order valence-corrected chi connectivity index (χ1v) is 13.6. The Morgan fingerprint density at radius 3 is 1.15 bits per heavy atom. The SMILES string of the molecule is CC(C)c1sc(-c2ccccc2)cc1-c1ccccc1-c1cc(-c2ccccc2)sc1C(C)C. The summed E-state index contributed by atoms with van der Waals surface area (Å²) in [6.07, 6.45) is 0. The molecule has 0 radical (unpaired) electrons. The zero-order chi connectivity index (χ0) is 23.7. The number of hydrogen-bond donors (Lipinski definition) is 0. The summed E-state index contributed by atoms with van der Waals surface area (Å²) in [5.41, 5.74) is 8.01. The molecule has 2 heterocycles. The van der Waals surface area contributed by atoms with Crippen LogP contribution in [0.5, 0.6) is 0 Å². The van der Waals surface area contributed by atoms with Crippen LogP contribution in [0.2, 0.25) is 0 Å². The van der Waals surface area contributed by atoms with Crippen molar-refractivity contribution in [1.29, 1.82) is 0 Å². The molecule has 3 aromatic carbocycles. The highest BCUT2D eigenvalue weighted by Crippen LogP contribution is 2.47. The Balaban J connectivity index is 1.69. The van der Waals surface area contributed by atoms with Gasteiger partial charge in [0, 0.05) is 19.5 Å². The predicted octanol–water partition coefficient (Wildman–Crippen LogP) is 10.7. The quantitative estimate of drug-likeness (QED) is 0.228. The molecular weight excluding hydrogens is 448 g/mol. The van der Waals surface area contributed by atoms with Gasteiger partial charge in [0.2, 0.25) is 0 Å². The Morgan fingerprint density at radius 2 is 0.794 bits per heavy atom. The monoisotopic (exact) mass is 478 g/mol. The van der Waals surface area contributed by atoms with Crippen molar-refractivity contribution in [2.75, 3.05) is 0 Å². The summed E-state index contributed by atoms with van der Waals surface area (Å²) in [5, 5.41) is 0. The third-order valence-corrected chi connectivity index (χ3v) is 9.16. The topological polar surface area (TPSA) is 0 Å². The number of hydrogen-bond acceptors (Lipinski definition) is 2. The van der Waals surface area contributed by atoms with Crippen LogP contribution in [-0.2, 0) is 0 Å². The lowest BCUT2D eigenvalue weighted by Crippen LogP contribution is -1.91. The molecule has 34 heavy (non-hydrogen) atoms. The normalized spacial score (nSPS) is 11.5. The minimum absolute atomic E-state index is 0.470. The van der Waals surface area contributed by atoms with E-state index in [0.29, 0.717) is 11.8 Å². The summed E-state index contributed by atoms with van der Waals surface area (Å²) in [7, 11) is 0. The van der Waals surface area contributed by atoms with E-state index in [1.807, 2.05) is 22.7 Å². The standard InChI is InChI=1S/C32H30S2/c1-21(2)31-27(19-29(33-31)23-13-7-5-8-14-23)25-17-11-12-18-26(25)28-20-30(34-32(28)22(3)4)24-15-9-6-10-16-24/h5-22H,1-4H3. The Morgan fingerprint density at radius 1 is 0.441 bits per heavy atom. The zero-order valence-corrected chi connectivity index (χ0v) is 21.8. The summed E-state index contributed by atoms with van der Waals surface area (Å²) >= 11 is 3.87. The lowest BCUT2D eigenvalue weighted by atomic mass is 9.91. The van der Waals surface area contributed by atoms with Crippen molar-refractivity contribution < 1.29 is 0 Å². The lowest BCUT2D eigenvalue weighted by Gasteiger charge is -2.14. The van der Waals surface area contributed by atoms with E-state index >= 15 is 0 Å². The Bertz CT molecular complexity index is 1280. The average molecular weight is 479 g/mol. The highest BCUT2D eigenvalue weighted by molar-refractivity contribution is 7.16. The molecule has 0 bridgehead atoms. The molecule has 0 aliphatic carbocycles. The molecule has 0 saturated heterocycles. The van der Waals surface area contributed by atoms with Crippen LogP contribution in [0.1, 0.15) is 49.3 Å². The first-order valence-electron chi connectivity index (χ1n) is 12.0. The highest BCUT2D eigenvalue weighted by atomic mass is 32.1. The van der Waals surface area contributed by atoms with Crippen LogP contribution in [0, 0.1) is 0 Å². The highest BCUT2D eigenvalue weighted by Gasteiger charge is 2.21. The molecule has 0 unspecified atom stereocenters. The van der Waals surface area contributed by atoms with E-state index < -0.39 is 0 Å². The molecule has 0 amide bonds. The van der Waals surface area contributed by atoms with Gasteiger partial charge in [-0.1, -0.05) is 113 Å². The third kappa shape index (κ3) is 4.41. The zero-order valence-electron chi connectivity index (χ0n) is 20.2. The van der Waals surface area contributed by atoms with E-state index in [1.54, 1.807) is 0 Å². The van der Waals surface area contributed by atoms with Gasteiger partial charge in [-0.15, -0.1) is 22.7 Å². The van der Waals surface area contributed by atoms with Crippen LogP contribution in [0.4, 0.5) is 0 Å². The molecule has 0 fully saturated rings. The fraction of sp³-hybridized carbons (Fsp3) is 0.188. The Labute approximate surface area is 211 Å². The van der Waals surface area contributed by atoms with E-state index in [9.17, 15) is 0 Å². The van der Waals surface area contributed by atoms with Crippen molar-refractivity contribution in [2.45, 2.75) is 39.5 Å². The van der Waals surface area contributed by atoms with Gasteiger partial charge in [0.05, 0.1) is 0 Å². The second kappa shape index (κ2) is 9.74. The van der Waals surface area contributed by atoms with Crippen molar-refractivity contribution in [3.8, 4) is 43.1 Å². The van der Waals surface area contributed by atoms with Crippen molar-refractivity contribution in [2.24, 2.45) is 0 Å².